The Morgan fingerprint density at radius 3 is 2.35 bits per heavy atom. The second-order valence-electron chi connectivity index (χ2n) is 6.38. The van der Waals surface area contributed by atoms with Crippen LogP contribution in [-0.2, 0) is 6.54 Å². The van der Waals surface area contributed by atoms with Crippen molar-refractivity contribution in [3.05, 3.63) is 71.8 Å². The second kappa shape index (κ2) is 7.07. The fraction of sp³-hybridized carbons (Fsp3) is 0.200. The molecule has 0 unspecified atom stereocenters. The van der Waals surface area contributed by atoms with Crippen LogP contribution in [0.3, 0.4) is 0 Å². The van der Waals surface area contributed by atoms with Crippen molar-refractivity contribution in [2.75, 3.05) is 10.6 Å². The van der Waals surface area contributed by atoms with Gasteiger partial charge in [0.15, 0.2) is 0 Å². The molecular formula is C20H18F2N4. The number of halogens is 2. The first-order valence-corrected chi connectivity index (χ1v) is 8.55. The number of benzene rings is 2. The van der Waals surface area contributed by atoms with E-state index >= 15 is 0 Å². The van der Waals surface area contributed by atoms with Crippen LogP contribution in [0.5, 0.6) is 0 Å². The minimum absolute atomic E-state index is 0.267. The van der Waals surface area contributed by atoms with Gasteiger partial charge in [-0.25, -0.2) is 13.8 Å². The van der Waals surface area contributed by atoms with Crippen LogP contribution < -0.4 is 10.6 Å². The van der Waals surface area contributed by atoms with Crippen LogP contribution in [0, 0.1) is 11.6 Å². The van der Waals surface area contributed by atoms with Gasteiger partial charge in [-0.05, 0) is 30.5 Å². The van der Waals surface area contributed by atoms with Crippen LogP contribution in [0.25, 0.3) is 11.3 Å². The zero-order valence-corrected chi connectivity index (χ0v) is 14.0. The summed E-state index contributed by atoms with van der Waals surface area (Å²) in [5.41, 5.74) is 2.28. The van der Waals surface area contributed by atoms with Gasteiger partial charge in [0.1, 0.15) is 17.5 Å². The highest BCUT2D eigenvalue weighted by Crippen LogP contribution is 2.26. The van der Waals surface area contributed by atoms with Crippen LogP contribution in [0.4, 0.5) is 20.5 Å². The summed E-state index contributed by atoms with van der Waals surface area (Å²) >= 11 is 0. The molecule has 0 atom stereocenters. The van der Waals surface area contributed by atoms with Crippen molar-refractivity contribution in [3.63, 3.8) is 0 Å². The third-order valence-electron chi connectivity index (χ3n) is 4.10. The maximum atomic E-state index is 13.4. The van der Waals surface area contributed by atoms with Crippen LogP contribution in [0.15, 0.2) is 54.6 Å². The van der Waals surface area contributed by atoms with E-state index in [1.807, 2.05) is 36.4 Å². The van der Waals surface area contributed by atoms with Gasteiger partial charge in [-0.15, -0.1) is 0 Å². The van der Waals surface area contributed by atoms with Gasteiger partial charge in [0.25, 0.3) is 0 Å². The Bertz CT molecular complexity index is 891. The zero-order chi connectivity index (χ0) is 17.9. The molecule has 0 aliphatic heterocycles. The molecule has 1 aliphatic carbocycles. The summed E-state index contributed by atoms with van der Waals surface area (Å²) in [6.07, 6.45) is 2.23. The minimum Gasteiger partial charge on any atom is -0.366 e. The van der Waals surface area contributed by atoms with E-state index in [0.29, 0.717) is 23.4 Å². The van der Waals surface area contributed by atoms with E-state index in [0.717, 1.165) is 30.2 Å². The summed E-state index contributed by atoms with van der Waals surface area (Å²) in [6, 6.07) is 15.5. The van der Waals surface area contributed by atoms with E-state index in [9.17, 15) is 8.78 Å². The van der Waals surface area contributed by atoms with Crippen molar-refractivity contribution in [2.45, 2.75) is 25.4 Å². The van der Waals surface area contributed by atoms with E-state index in [-0.39, 0.29) is 6.54 Å². The molecule has 132 valence electrons. The first-order chi connectivity index (χ1) is 12.7. The number of nitrogens with one attached hydrogen (secondary N) is 2. The molecule has 0 bridgehead atoms. The van der Waals surface area contributed by atoms with E-state index < -0.39 is 11.6 Å². The Labute approximate surface area is 150 Å². The molecule has 2 N–H and O–H groups in total. The molecule has 4 rings (SSSR count). The average Bonchev–Trinajstić information content (AvgIpc) is 3.44. The number of anilines is 2. The molecule has 2 aromatic carbocycles. The first-order valence-electron chi connectivity index (χ1n) is 8.55. The summed E-state index contributed by atoms with van der Waals surface area (Å²) in [6.45, 7) is 0.267. The molecule has 0 amide bonds. The lowest BCUT2D eigenvalue weighted by molar-refractivity contribution is 0.580. The van der Waals surface area contributed by atoms with E-state index in [4.69, 9.17) is 0 Å². The van der Waals surface area contributed by atoms with Crippen LogP contribution in [0.1, 0.15) is 18.4 Å². The van der Waals surface area contributed by atoms with Crippen LogP contribution in [-0.4, -0.2) is 16.0 Å². The first kappa shape index (κ1) is 16.4. The monoisotopic (exact) mass is 352 g/mol. The number of nitrogens with zero attached hydrogens (tertiary/aromatic N) is 2. The lowest BCUT2D eigenvalue weighted by Crippen LogP contribution is -2.09. The normalized spacial score (nSPS) is 13.5. The Balaban J connectivity index is 1.59. The predicted octanol–water partition coefficient (Wildman–Crippen LogP) is 4.61. The smallest absolute Gasteiger partial charge is 0.225 e. The van der Waals surface area contributed by atoms with Crippen LogP contribution in [0.2, 0.25) is 0 Å². The molecule has 1 aliphatic rings. The van der Waals surface area contributed by atoms with Gasteiger partial charge in [-0.1, -0.05) is 30.3 Å². The molecule has 1 heterocycles. The zero-order valence-electron chi connectivity index (χ0n) is 14.0. The maximum absolute atomic E-state index is 13.4. The standard InChI is InChI=1S/C20H18F2N4/c21-15-8-13(9-16(22)10-15)12-23-19-11-18(14-4-2-1-3-5-14)25-20(26-19)24-17-6-7-17/h1-5,8-11,17H,6-7,12H2,(H2,23,24,25,26). The molecule has 0 spiro atoms. The van der Waals surface area contributed by atoms with E-state index in [2.05, 4.69) is 20.6 Å². The Kier molecular flexibility index (Phi) is 4.48. The highest BCUT2D eigenvalue weighted by Gasteiger charge is 2.22. The Hall–Kier alpha value is -3.02. The quantitative estimate of drug-likeness (QED) is 0.680. The molecule has 1 aromatic heterocycles. The summed E-state index contributed by atoms with van der Waals surface area (Å²) in [5, 5.41) is 6.44. The molecule has 4 nitrogen and oxygen atoms in total. The fourth-order valence-electron chi connectivity index (χ4n) is 2.68. The molecule has 0 radical (unpaired) electrons. The maximum Gasteiger partial charge on any atom is 0.225 e. The molecule has 6 heteroatoms. The molecular weight excluding hydrogens is 334 g/mol. The molecule has 1 saturated carbocycles. The molecule has 3 aromatic rings. The van der Waals surface area contributed by atoms with Gasteiger partial charge in [-0.2, -0.15) is 4.98 Å². The third-order valence-corrected chi connectivity index (χ3v) is 4.10. The second-order valence-corrected chi connectivity index (χ2v) is 6.38. The Morgan fingerprint density at radius 1 is 0.923 bits per heavy atom. The van der Waals surface area contributed by atoms with E-state index in [1.54, 1.807) is 0 Å². The van der Waals surface area contributed by atoms with Gasteiger partial charge >= 0.3 is 0 Å². The lowest BCUT2D eigenvalue weighted by atomic mass is 10.1. The SMILES string of the molecule is Fc1cc(F)cc(CNc2cc(-c3ccccc3)nc(NC3CC3)n2)c1. The van der Waals surface area contributed by atoms with Crippen molar-refractivity contribution < 1.29 is 8.78 Å². The fourth-order valence-corrected chi connectivity index (χ4v) is 2.68. The average molecular weight is 352 g/mol. The van der Waals surface area contributed by atoms with E-state index in [1.165, 1.54) is 12.1 Å². The Morgan fingerprint density at radius 2 is 1.65 bits per heavy atom. The van der Waals surface area contributed by atoms with Crippen molar-refractivity contribution in [2.24, 2.45) is 0 Å². The molecule has 1 fully saturated rings. The number of hydrogen-bond acceptors (Lipinski definition) is 4. The third kappa shape index (κ3) is 4.14. The van der Waals surface area contributed by atoms with Crippen molar-refractivity contribution in [1.82, 2.24) is 9.97 Å². The number of aromatic nitrogens is 2. The summed E-state index contributed by atoms with van der Waals surface area (Å²) in [4.78, 5) is 9.06. The number of rotatable bonds is 6. The van der Waals surface area contributed by atoms with Crippen molar-refractivity contribution >= 4 is 11.8 Å². The summed E-state index contributed by atoms with van der Waals surface area (Å²) in [7, 11) is 0. The molecule has 26 heavy (non-hydrogen) atoms. The highest BCUT2D eigenvalue weighted by molar-refractivity contribution is 5.64. The van der Waals surface area contributed by atoms with Gasteiger partial charge in [0, 0.05) is 30.3 Å². The van der Waals surface area contributed by atoms with Gasteiger partial charge < -0.3 is 10.6 Å². The minimum atomic E-state index is -0.592. The van der Waals surface area contributed by atoms with Gasteiger partial charge in [0.2, 0.25) is 5.95 Å². The van der Waals surface area contributed by atoms with Gasteiger partial charge in [0.05, 0.1) is 5.69 Å². The summed E-state index contributed by atoms with van der Waals surface area (Å²) < 4.78 is 26.7. The van der Waals surface area contributed by atoms with Crippen LogP contribution >= 0.6 is 0 Å². The van der Waals surface area contributed by atoms with Gasteiger partial charge in [-0.3, -0.25) is 0 Å². The number of hydrogen-bond donors (Lipinski definition) is 2. The predicted molar refractivity (Wildman–Crippen MR) is 97.8 cm³/mol. The summed E-state index contributed by atoms with van der Waals surface area (Å²) in [5.74, 6) is -0.0236. The molecule has 0 saturated heterocycles. The topological polar surface area (TPSA) is 49.8 Å². The highest BCUT2D eigenvalue weighted by atomic mass is 19.1. The van der Waals surface area contributed by atoms with Crippen molar-refractivity contribution in [1.29, 1.82) is 0 Å². The largest absolute Gasteiger partial charge is 0.366 e. The van der Waals surface area contributed by atoms with Crippen molar-refractivity contribution in [3.8, 4) is 11.3 Å². The lowest BCUT2D eigenvalue weighted by Gasteiger charge is -2.11.